The Morgan fingerprint density at radius 3 is 2.12 bits per heavy atom. The maximum absolute atomic E-state index is 6.58. The molecule has 0 aliphatic rings. The number of hydrogen-bond acceptors (Lipinski definition) is 3. The van der Waals surface area contributed by atoms with Gasteiger partial charge in [0.15, 0.2) is 0 Å². The molecule has 3 heterocycles. The third-order valence-corrected chi connectivity index (χ3v) is 9.67. The zero-order valence-electron chi connectivity index (χ0n) is 29.9. The quantitative estimate of drug-likeness (QED) is 0.166. The standard InChI is InChI=1S/C37H30NO.C11H8N.Ir/c1-22-17-26-18-27(37(3,4)5)15-13-25(26)19-32(22)33-20-34(38-21-23(33)2)31-12-8-11-29-30-16-14-24-9-6-7-10-28(24)35(30)39-36(29)31;1-2-6-10(7-3-1)11-8-4-5-9-12-11;/h6-11,13-21H,1-5H3;1-6,8-9H;/q2*-1;. The van der Waals surface area contributed by atoms with Crippen molar-refractivity contribution in [3.63, 3.8) is 0 Å². The molecule has 9 rings (SSSR count). The van der Waals surface area contributed by atoms with Gasteiger partial charge >= 0.3 is 0 Å². The van der Waals surface area contributed by atoms with E-state index in [1.807, 2.05) is 54.7 Å². The predicted molar refractivity (Wildman–Crippen MR) is 213 cm³/mol. The Kier molecular flexibility index (Phi) is 9.63. The molecule has 1 radical (unpaired) electrons. The molecular formula is C48H38IrN2O-2. The fraction of sp³-hybridized carbons (Fsp3) is 0.125. The van der Waals surface area contributed by atoms with Gasteiger partial charge in [-0.05, 0) is 86.8 Å². The SMILES string of the molecule is Cc1cnc(-c2[c-]ccc3c2oc2c4ccccc4ccc32)cc1-c1cc2ccc(C(C)(C)C)cc2cc1C.[Ir].[c-]1ccccc1-c1ccccn1. The third-order valence-electron chi connectivity index (χ3n) is 9.67. The number of pyridine rings is 2. The summed E-state index contributed by atoms with van der Waals surface area (Å²) in [5.41, 5.74) is 11.8. The van der Waals surface area contributed by atoms with Crippen molar-refractivity contribution in [3.05, 3.63) is 169 Å². The summed E-state index contributed by atoms with van der Waals surface area (Å²) in [6.07, 6.45) is 3.76. The van der Waals surface area contributed by atoms with Crippen LogP contribution in [0.4, 0.5) is 0 Å². The number of furan rings is 1. The first kappa shape index (κ1) is 35.0. The van der Waals surface area contributed by atoms with Crippen LogP contribution in [0.5, 0.6) is 0 Å². The minimum atomic E-state index is 0. The molecule has 257 valence electrons. The van der Waals surface area contributed by atoms with Crippen molar-refractivity contribution in [2.24, 2.45) is 0 Å². The van der Waals surface area contributed by atoms with Gasteiger partial charge in [-0.25, -0.2) is 0 Å². The average Bonchev–Trinajstić information content (AvgIpc) is 3.55. The first-order chi connectivity index (χ1) is 24.7. The number of rotatable bonds is 3. The average molecular weight is 851 g/mol. The molecule has 0 fully saturated rings. The van der Waals surface area contributed by atoms with Crippen LogP contribution in [0.1, 0.15) is 37.5 Å². The number of benzene rings is 6. The van der Waals surface area contributed by atoms with Crippen molar-refractivity contribution < 1.29 is 24.5 Å². The molecule has 4 heteroatoms. The summed E-state index contributed by atoms with van der Waals surface area (Å²) < 4.78 is 6.58. The van der Waals surface area contributed by atoms with Crippen LogP contribution >= 0.6 is 0 Å². The largest absolute Gasteiger partial charge is 0.500 e. The van der Waals surface area contributed by atoms with Gasteiger partial charge in [0, 0.05) is 43.3 Å². The fourth-order valence-electron chi connectivity index (χ4n) is 6.85. The second-order valence-corrected chi connectivity index (χ2v) is 14.2. The number of fused-ring (bicyclic) bond motifs is 6. The smallest absolute Gasteiger partial charge is 0.128 e. The Hall–Kier alpha value is -5.41. The molecule has 0 amide bonds. The van der Waals surface area contributed by atoms with Gasteiger partial charge in [0.1, 0.15) is 5.58 Å². The maximum Gasteiger partial charge on any atom is 0.128 e. The Balaban J connectivity index is 0.000000275. The molecule has 0 bridgehead atoms. The van der Waals surface area contributed by atoms with Gasteiger partial charge in [-0.3, -0.25) is 0 Å². The summed E-state index contributed by atoms with van der Waals surface area (Å²) in [6.45, 7) is 11.1. The molecule has 3 aromatic heterocycles. The Labute approximate surface area is 318 Å². The van der Waals surface area contributed by atoms with Crippen molar-refractivity contribution in [2.75, 3.05) is 0 Å². The monoisotopic (exact) mass is 851 g/mol. The zero-order valence-corrected chi connectivity index (χ0v) is 32.3. The van der Waals surface area contributed by atoms with Gasteiger partial charge in [-0.1, -0.05) is 111 Å². The van der Waals surface area contributed by atoms with E-state index in [0.717, 1.165) is 55.4 Å². The van der Waals surface area contributed by atoms with Crippen LogP contribution in [0.15, 0.2) is 144 Å². The molecule has 0 unspecified atom stereocenters. The summed E-state index contributed by atoms with van der Waals surface area (Å²) in [7, 11) is 0. The van der Waals surface area contributed by atoms with Crippen molar-refractivity contribution in [1.82, 2.24) is 9.97 Å². The number of aromatic nitrogens is 2. The zero-order chi connectivity index (χ0) is 35.1. The molecule has 9 aromatic rings. The van der Waals surface area contributed by atoms with Crippen LogP contribution in [0.2, 0.25) is 0 Å². The van der Waals surface area contributed by atoms with Gasteiger partial charge in [-0.15, -0.1) is 54.1 Å². The summed E-state index contributed by atoms with van der Waals surface area (Å²) in [6, 6.07) is 50.7. The van der Waals surface area contributed by atoms with Crippen LogP contribution in [0.3, 0.4) is 0 Å². The second kappa shape index (κ2) is 14.3. The molecule has 0 saturated carbocycles. The molecule has 0 N–H and O–H groups in total. The third kappa shape index (κ3) is 6.68. The fourth-order valence-corrected chi connectivity index (χ4v) is 6.85. The minimum absolute atomic E-state index is 0. The maximum atomic E-state index is 6.58. The Morgan fingerprint density at radius 2 is 1.33 bits per heavy atom. The van der Waals surface area contributed by atoms with E-state index in [0.29, 0.717) is 0 Å². The van der Waals surface area contributed by atoms with Crippen LogP contribution < -0.4 is 0 Å². The van der Waals surface area contributed by atoms with E-state index >= 15 is 0 Å². The topological polar surface area (TPSA) is 38.9 Å². The van der Waals surface area contributed by atoms with E-state index in [1.54, 1.807) is 6.20 Å². The summed E-state index contributed by atoms with van der Waals surface area (Å²) in [5, 5.41) is 7.03. The summed E-state index contributed by atoms with van der Waals surface area (Å²) >= 11 is 0. The van der Waals surface area contributed by atoms with Gasteiger partial charge in [0.05, 0.1) is 5.58 Å². The molecule has 0 aliphatic heterocycles. The molecule has 52 heavy (non-hydrogen) atoms. The molecule has 3 nitrogen and oxygen atoms in total. The van der Waals surface area contributed by atoms with Crippen LogP contribution in [-0.4, -0.2) is 9.97 Å². The van der Waals surface area contributed by atoms with E-state index in [2.05, 4.69) is 131 Å². The first-order valence-corrected chi connectivity index (χ1v) is 17.4. The van der Waals surface area contributed by atoms with Crippen molar-refractivity contribution in [3.8, 4) is 33.6 Å². The van der Waals surface area contributed by atoms with E-state index in [-0.39, 0.29) is 25.5 Å². The normalized spacial score (nSPS) is 11.4. The Bertz CT molecular complexity index is 2650. The minimum Gasteiger partial charge on any atom is -0.500 e. The predicted octanol–water partition coefficient (Wildman–Crippen LogP) is 12.9. The van der Waals surface area contributed by atoms with E-state index in [9.17, 15) is 0 Å². The number of nitrogens with zero attached hydrogens (tertiary/aromatic N) is 2. The molecule has 6 aromatic carbocycles. The second-order valence-electron chi connectivity index (χ2n) is 14.2. The van der Waals surface area contributed by atoms with Gasteiger partial charge in [-0.2, -0.15) is 0 Å². The van der Waals surface area contributed by atoms with E-state index < -0.39 is 0 Å². The molecule has 0 spiro atoms. The van der Waals surface area contributed by atoms with Crippen LogP contribution in [0.25, 0.3) is 77.1 Å². The van der Waals surface area contributed by atoms with Crippen LogP contribution in [0, 0.1) is 26.0 Å². The van der Waals surface area contributed by atoms with Crippen molar-refractivity contribution >= 4 is 43.5 Å². The molecule has 0 aliphatic carbocycles. The van der Waals surface area contributed by atoms with Gasteiger partial charge in [0.25, 0.3) is 0 Å². The molecular weight excluding hydrogens is 813 g/mol. The van der Waals surface area contributed by atoms with E-state index in [4.69, 9.17) is 9.40 Å². The number of hydrogen-bond donors (Lipinski definition) is 0. The first-order valence-electron chi connectivity index (χ1n) is 17.4. The van der Waals surface area contributed by atoms with Gasteiger partial charge in [0.2, 0.25) is 0 Å². The van der Waals surface area contributed by atoms with Crippen LogP contribution in [-0.2, 0) is 25.5 Å². The van der Waals surface area contributed by atoms with Crippen molar-refractivity contribution in [1.29, 1.82) is 0 Å². The summed E-state index contributed by atoms with van der Waals surface area (Å²) in [5.74, 6) is 0. The van der Waals surface area contributed by atoms with E-state index in [1.165, 1.54) is 38.4 Å². The van der Waals surface area contributed by atoms with Crippen molar-refractivity contribution in [2.45, 2.75) is 40.0 Å². The summed E-state index contributed by atoms with van der Waals surface area (Å²) in [4.78, 5) is 9.07. The van der Waals surface area contributed by atoms with Gasteiger partial charge < -0.3 is 14.4 Å². The molecule has 0 saturated heterocycles. The molecule has 0 atom stereocenters. The Morgan fingerprint density at radius 1 is 0.558 bits per heavy atom. The number of aryl methyl sites for hydroxylation is 2.